The molecule has 3 heteroatoms. The highest BCUT2D eigenvalue weighted by Gasteiger charge is 2.30. The molecule has 0 aromatic heterocycles. The molecule has 0 spiro atoms. The number of ketones is 1. The predicted molar refractivity (Wildman–Crippen MR) is 28.6 cm³/mol. The van der Waals surface area contributed by atoms with Crippen molar-refractivity contribution in [1.82, 2.24) is 0 Å². The Morgan fingerprint density at radius 3 is 2.00 bits per heavy atom. The van der Waals surface area contributed by atoms with Gasteiger partial charge in [0, 0.05) is 0 Å². The lowest BCUT2D eigenvalue weighted by Gasteiger charge is -2.15. The molecule has 0 bridgehead atoms. The number of halogens is 2. The van der Waals surface area contributed by atoms with E-state index in [1.54, 1.807) is 0 Å². The summed E-state index contributed by atoms with van der Waals surface area (Å²) in [6.07, 6.45) is -2.16. The standard InChI is InChI=1S/C6H8F2O/c7-4-2-1-3-5(8)6(4)9/h4-5H,1-3H2/t4-,5-/m0/s1. The fraction of sp³-hybridized carbons (Fsp3) is 0.833. The van der Waals surface area contributed by atoms with Crippen molar-refractivity contribution < 1.29 is 13.6 Å². The minimum atomic E-state index is -1.53. The Bertz CT molecular complexity index is 112. The van der Waals surface area contributed by atoms with Gasteiger partial charge in [-0.2, -0.15) is 0 Å². The fourth-order valence-electron chi connectivity index (χ4n) is 0.957. The van der Waals surface area contributed by atoms with Crippen molar-refractivity contribution >= 4 is 5.78 Å². The van der Waals surface area contributed by atoms with Crippen LogP contribution in [-0.4, -0.2) is 18.1 Å². The Balaban J connectivity index is 2.52. The van der Waals surface area contributed by atoms with E-state index < -0.39 is 18.1 Å². The summed E-state index contributed by atoms with van der Waals surface area (Å²) in [6, 6.07) is 0. The van der Waals surface area contributed by atoms with Gasteiger partial charge in [-0.05, 0) is 19.3 Å². The zero-order valence-corrected chi connectivity index (χ0v) is 4.94. The van der Waals surface area contributed by atoms with Crippen molar-refractivity contribution in [3.8, 4) is 0 Å². The van der Waals surface area contributed by atoms with Gasteiger partial charge in [-0.1, -0.05) is 0 Å². The van der Waals surface area contributed by atoms with Crippen LogP contribution >= 0.6 is 0 Å². The van der Waals surface area contributed by atoms with Crippen LogP contribution in [0.15, 0.2) is 0 Å². The lowest BCUT2D eigenvalue weighted by molar-refractivity contribution is -0.131. The molecule has 1 aliphatic rings. The smallest absolute Gasteiger partial charge is 0.200 e. The van der Waals surface area contributed by atoms with E-state index in [4.69, 9.17) is 0 Å². The van der Waals surface area contributed by atoms with E-state index >= 15 is 0 Å². The van der Waals surface area contributed by atoms with Crippen LogP contribution in [0.1, 0.15) is 19.3 Å². The Morgan fingerprint density at radius 1 is 1.22 bits per heavy atom. The molecule has 0 amide bonds. The largest absolute Gasteiger partial charge is 0.293 e. The summed E-state index contributed by atoms with van der Waals surface area (Å²) in [6.45, 7) is 0. The number of carbonyl (C=O) groups excluding carboxylic acids is 1. The van der Waals surface area contributed by atoms with Crippen LogP contribution in [0.2, 0.25) is 0 Å². The van der Waals surface area contributed by atoms with Gasteiger partial charge in [0.15, 0.2) is 12.3 Å². The van der Waals surface area contributed by atoms with Crippen LogP contribution in [0.4, 0.5) is 8.78 Å². The molecule has 1 nitrogen and oxygen atoms in total. The summed E-state index contributed by atoms with van der Waals surface area (Å²) in [7, 11) is 0. The minimum absolute atomic E-state index is 0.208. The molecule has 0 aromatic rings. The van der Waals surface area contributed by atoms with Gasteiger partial charge in [0.1, 0.15) is 0 Å². The summed E-state index contributed by atoms with van der Waals surface area (Å²) in [5, 5.41) is 0. The minimum Gasteiger partial charge on any atom is -0.293 e. The van der Waals surface area contributed by atoms with Gasteiger partial charge in [-0.15, -0.1) is 0 Å². The summed E-state index contributed by atoms with van der Waals surface area (Å²) in [5.74, 6) is -0.860. The zero-order chi connectivity index (χ0) is 6.85. The molecule has 1 saturated carbocycles. The van der Waals surface area contributed by atoms with Crippen LogP contribution < -0.4 is 0 Å². The highest BCUT2D eigenvalue weighted by molar-refractivity contribution is 5.87. The number of Topliss-reactive ketones (excluding diaryl/α,β-unsaturated/α-hetero) is 1. The summed E-state index contributed by atoms with van der Waals surface area (Å²) in [5.41, 5.74) is 0. The number of hydrogen-bond donors (Lipinski definition) is 0. The molecule has 52 valence electrons. The maximum Gasteiger partial charge on any atom is 0.200 e. The van der Waals surface area contributed by atoms with Crippen LogP contribution in [0.3, 0.4) is 0 Å². The second-order valence-electron chi connectivity index (χ2n) is 2.27. The van der Waals surface area contributed by atoms with Gasteiger partial charge in [-0.25, -0.2) is 8.78 Å². The van der Waals surface area contributed by atoms with Crippen LogP contribution in [0.25, 0.3) is 0 Å². The van der Waals surface area contributed by atoms with Crippen molar-refractivity contribution in [3.05, 3.63) is 0 Å². The van der Waals surface area contributed by atoms with Gasteiger partial charge < -0.3 is 0 Å². The van der Waals surface area contributed by atoms with E-state index in [0.29, 0.717) is 6.42 Å². The molecule has 0 saturated heterocycles. The topological polar surface area (TPSA) is 17.1 Å². The van der Waals surface area contributed by atoms with Crippen molar-refractivity contribution in [3.63, 3.8) is 0 Å². The highest BCUT2D eigenvalue weighted by atomic mass is 19.1. The van der Waals surface area contributed by atoms with Crippen LogP contribution in [0, 0.1) is 0 Å². The fourth-order valence-corrected chi connectivity index (χ4v) is 0.957. The molecule has 1 rings (SSSR count). The lowest BCUT2D eigenvalue weighted by atomic mass is 9.96. The van der Waals surface area contributed by atoms with E-state index in [2.05, 4.69) is 0 Å². The van der Waals surface area contributed by atoms with Crippen molar-refractivity contribution in [2.24, 2.45) is 0 Å². The molecule has 0 heterocycles. The first-order valence-corrected chi connectivity index (χ1v) is 3.03. The molecule has 1 fully saturated rings. The second-order valence-corrected chi connectivity index (χ2v) is 2.27. The Morgan fingerprint density at radius 2 is 1.67 bits per heavy atom. The highest BCUT2D eigenvalue weighted by Crippen LogP contribution is 2.19. The second kappa shape index (κ2) is 2.42. The van der Waals surface area contributed by atoms with Crippen molar-refractivity contribution in [2.75, 3.05) is 0 Å². The third kappa shape index (κ3) is 1.26. The first kappa shape index (κ1) is 6.65. The first-order chi connectivity index (χ1) is 4.22. The number of rotatable bonds is 0. The molecule has 0 unspecified atom stereocenters. The van der Waals surface area contributed by atoms with Gasteiger partial charge in [0.25, 0.3) is 0 Å². The van der Waals surface area contributed by atoms with Crippen molar-refractivity contribution in [1.29, 1.82) is 0 Å². The maximum atomic E-state index is 12.2. The molecular weight excluding hydrogens is 126 g/mol. The molecule has 9 heavy (non-hydrogen) atoms. The van der Waals surface area contributed by atoms with Crippen LogP contribution in [0.5, 0.6) is 0 Å². The predicted octanol–water partition coefficient (Wildman–Crippen LogP) is 1.42. The number of hydrogen-bond acceptors (Lipinski definition) is 1. The van der Waals surface area contributed by atoms with E-state index in [-0.39, 0.29) is 12.8 Å². The third-order valence-electron chi connectivity index (χ3n) is 1.53. The normalized spacial score (nSPS) is 36.9. The quantitative estimate of drug-likeness (QED) is 0.489. The first-order valence-electron chi connectivity index (χ1n) is 3.03. The van der Waals surface area contributed by atoms with Crippen LogP contribution in [-0.2, 0) is 4.79 Å². The Kier molecular flexibility index (Phi) is 1.78. The molecule has 0 N–H and O–H groups in total. The molecule has 1 aliphatic carbocycles. The molecule has 0 aromatic carbocycles. The lowest BCUT2D eigenvalue weighted by Crippen LogP contribution is -2.30. The molecular formula is C6H8F2O. The maximum absolute atomic E-state index is 12.2. The average Bonchev–Trinajstić information content (AvgIpc) is 1.83. The molecule has 0 aliphatic heterocycles. The van der Waals surface area contributed by atoms with Gasteiger partial charge in [-0.3, -0.25) is 4.79 Å². The average molecular weight is 134 g/mol. The summed E-state index contributed by atoms with van der Waals surface area (Å²) >= 11 is 0. The van der Waals surface area contributed by atoms with Crippen molar-refractivity contribution in [2.45, 2.75) is 31.6 Å². The van der Waals surface area contributed by atoms with E-state index in [1.165, 1.54) is 0 Å². The SMILES string of the molecule is O=C1[C@@H](F)CCC[C@@H]1F. The van der Waals surface area contributed by atoms with E-state index in [9.17, 15) is 13.6 Å². The van der Waals surface area contributed by atoms with E-state index in [1.807, 2.05) is 0 Å². The monoisotopic (exact) mass is 134 g/mol. The Hall–Kier alpha value is -0.470. The van der Waals surface area contributed by atoms with Gasteiger partial charge in [0.2, 0.25) is 5.78 Å². The number of alkyl halides is 2. The molecule has 0 radical (unpaired) electrons. The summed E-state index contributed by atoms with van der Waals surface area (Å²) < 4.78 is 24.5. The molecule has 2 atom stereocenters. The number of carbonyl (C=O) groups is 1. The van der Waals surface area contributed by atoms with E-state index in [0.717, 1.165) is 0 Å². The Labute approximate surface area is 52.1 Å². The third-order valence-corrected chi connectivity index (χ3v) is 1.53. The zero-order valence-electron chi connectivity index (χ0n) is 4.94. The summed E-state index contributed by atoms with van der Waals surface area (Å²) in [4.78, 5) is 10.4. The van der Waals surface area contributed by atoms with Gasteiger partial charge >= 0.3 is 0 Å². The van der Waals surface area contributed by atoms with Gasteiger partial charge in [0.05, 0.1) is 0 Å².